The number of hydrogen-bond acceptors (Lipinski definition) is 4. The van der Waals surface area contributed by atoms with Gasteiger partial charge in [0.05, 0.1) is 10.6 Å². The van der Waals surface area contributed by atoms with Crippen LogP contribution in [0.5, 0.6) is 0 Å². The summed E-state index contributed by atoms with van der Waals surface area (Å²) in [6.07, 6.45) is 0.273. The Labute approximate surface area is 238 Å². The summed E-state index contributed by atoms with van der Waals surface area (Å²) < 4.78 is 28.7. The van der Waals surface area contributed by atoms with E-state index in [0.29, 0.717) is 26.2 Å². The van der Waals surface area contributed by atoms with E-state index in [9.17, 15) is 18.0 Å². The van der Waals surface area contributed by atoms with Crippen molar-refractivity contribution in [2.45, 2.75) is 37.8 Å². The van der Waals surface area contributed by atoms with Crippen LogP contribution >= 0.6 is 34.8 Å². The molecule has 1 unspecified atom stereocenters. The van der Waals surface area contributed by atoms with Crippen molar-refractivity contribution < 1.29 is 18.0 Å². The summed E-state index contributed by atoms with van der Waals surface area (Å²) in [6, 6.07) is 16.6. The van der Waals surface area contributed by atoms with Gasteiger partial charge in [0, 0.05) is 34.2 Å². The molecule has 0 aliphatic rings. The molecule has 0 aromatic heterocycles. The van der Waals surface area contributed by atoms with Gasteiger partial charge in [-0.2, -0.15) is 0 Å². The lowest BCUT2D eigenvalue weighted by atomic mass is 10.1. The van der Waals surface area contributed by atoms with Gasteiger partial charge in [-0.05, 0) is 55.3 Å². The first-order chi connectivity index (χ1) is 18.0. The van der Waals surface area contributed by atoms with Crippen LogP contribution in [-0.2, 0) is 26.2 Å². The second-order valence-corrected chi connectivity index (χ2v) is 11.6. The Balaban J connectivity index is 2.13. The highest BCUT2D eigenvalue weighted by Crippen LogP contribution is 2.31. The maximum Gasteiger partial charge on any atom is 0.264 e. The van der Waals surface area contributed by atoms with Gasteiger partial charge >= 0.3 is 0 Å². The zero-order valence-corrected chi connectivity index (χ0v) is 24.2. The van der Waals surface area contributed by atoms with Crippen LogP contribution in [0, 0.1) is 6.92 Å². The van der Waals surface area contributed by atoms with Crippen molar-refractivity contribution in [3.8, 4) is 0 Å². The predicted octanol–water partition coefficient (Wildman–Crippen LogP) is 5.70. The van der Waals surface area contributed by atoms with Gasteiger partial charge < -0.3 is 10.2 Å². The fourth-order valence-corrected chi connectivity index (χ4v) is 6.20. The Kier molecular flexibility index (Phi) is 10.1. The summed E-state index contributed by atoms with van der Waals surface area (Å²) in [4.78, 5) is 28.1. The monoisotopic (exact) mass is 595 g/mol. The Morgan fingerprint density at radius 2 is 1.58 bits per heavy atom. The SMILES string of the molecule is CCC(C(=O)NC)N(Cc1c(Cl)cccc1Cl)C(=O)CN(c1cc(Cl)ccc1C)S(=O)(=O)c1ccccc1. The molecule has 0 bridgehead atoms. The number of likely N-dealkylation sites (N-methyl/N-ethyl adjacent to an activating group) is 1. The highest BCUT2D eigenvalue weighted by molar-refractivity contribution is 7.92. The van der Waals surface area contributed by atoms with Gasteiger partial charge in [-0.3, -0.25) is 13.9 Å². The van der Waals surface area contributed by atoms with Crippen molar-refractivity contribution in [3.05, 3.63) is 92.9 Å². The fourth-order valence-electron chi connectivity index (χ4n) is 4.02. The third kappa shape index (κ3) is 6.61. The van der Waals surface area contributed by atoms with Crippen LogP contribution in [0.25, 0.3) is 0 Å². The number of nitrogens with one attached hydrogen (secondary N) is 1. The van der Waals surface area contributed by atoms with Crippen LogP contribution in [0.4, 0.5) is 5.69 Å². The molecule has 38 heavy (non-hydrogen) atoms. The number of halogens is 3. The molecule has 3 aromatic carbocycles. The highest BCUT2D eigenvalue weighted by atomic mass is 35.5. The molecule has 3 aromatic rings. The molecular formula is C27H28Cl3N3O4S. The average molecular weight is 597 g/mol. The zero-order chi connectivity index (χ0) is 28.0. The van der Waals surface area contributed by atoms with E-state index >= 15 is 0 Å². The minimum Gasteiger partial charge on any atom is -0.357 e. The fraction of sp³-hybridized carbons (Fsp3) is 0.259. The number of amides is 2. The van der Waals surface area contributed by atoms with E-state index in [2.05, 4.69) is 5.32 Å². The predicted molar refractivity (Wildman–Crippen MR) is 152 cm³/mol. The van der Waals surface area contributed by atoms with E-state index in [-0.39, 0.29) is 23.5 Å². The topological polar surface area (TPSA) is 86.8 Å². The summed E-state index contributed by atoms with van der Waals surface area (Å²) in [6.45, 7) is 2.79. The molecule has 202 valence electrons. The number of sulfonamides is 1. The van der Waals surface area contributed by atoms with Gasteiger partial charge in [0.2, 0.25) is 11.8 Å². The summed E-state index contributed by atoms with van der Waals surface area (Å²) in [7, 11) is -2.73. The molecule has 0 spiro atoms. The van der Waals surface area contributed by atoms with Crippen LogP contribution in [0.3, 0.4) is 0 Å². The first kappa shape index (κ1) is 29.8. The average Bonchev–Trinajstić information content (AvgIpc) is 2.90. The second-order valence-electron chi connectivity index (χ2n) is 8.52. The Bertz CT molecular complexity index is 1400. The van der Waals surface area contributed by atoms with Gasteiger partial charge in [0.1, 0.15) is 12.6 Å². The lowest BCUT2D eigenvalue weighted by molar-refractivity contribution is -0.140. The van der Waals surface area contributed by atoms with Gasteiger partial charge in [-0.1, -0.05) is 72.1 Å². The minimum atomic E-state index is -4.19. The molecule has 0 saturated heterocycles. The van der Waals surface area contributed by atoms with E-state index in [1.807, 2.05) is 0 Å². The van der Waals surface area contributed by atoms with Crippen LogP contribution < -0.4 is 9.62 Å². The minimum absolute atomic E-state index is 0.00576. The molecule has 11 heteroatoms. The molecule has 0 fully saturated rings. The van der Waals surface area contributed by atoms with Gasteiger partial charge in [0.25, 0.3) is 10.0 Å². The number of rotatable bonds is 10. The Morgan fingerprint density at radius 1 is 0.947 bits per heavy atom. The molecule has 0 radical (unpaired) electrons. The highest BCUT2D eigenvalue weighted by Gasteiger charge is 2.34. The van der Waals surface area contributed by atoms with Crippen LogP contribution in [0.2, 0.25) is 15.1 Å². The molecule has 0 heterocycles. The lowest BCUT2D eigenvalue weighted by Gasteiger charge is -2.33. The summed E-state index contributed by atoms with van der Waals surface area (Å²) in [5, 5.41) is 3.53. The maximum atomic E-state index is 14.0. The molecule has 0 aliphatic heterocycles. The van der Waals surface area contributed by atoms with Crippen LogP contribution in [0.1, 0.15) is 24.5 Å². The summed E-state index contributed by atoms with van der Waals surface area (Å²) in [5.74, 6) is -1.02. The number of aryl methyl sites for hydroxylation is 1. The Hall–Kier alpha value is -2.78. The first-order valence-electron chi connectivity index (χ1n) is 11.8. The largest absolute Gasteiger partial charge is 0.357 e. The number of carbonyl (C=O) groups is 2. The smallest absolute Gasteiger partial charge is 0.264 e. The lowest BCUT2D eigenvalue weighted by Crippen LogP contribution is -2.52. The van der Waals surface area contributed by atoms with Gasteiger partial charge in [-0.25, -0.2) is 8.42 Å². The first-order valence-corrected chi connectivity index (χ1v) is 14.4. The number of benzene rings is 3. The van der Waals surface area contributed by atoms with Crippen molar-refractivity contribution in [1.82, 2.24) is 10.2 Å². The normalized spacial score (nSPS) is 12.1. The van der Waals surface area contributed by atoms with Crippen molar-refractivity contribution >= 4 is 62.3 Å². The van der Waals surface area contributed by atoms with Gasteiger partial charge in [-0.15, -0.1) is 0 Å². The van der Waals surface area contributed by atoms with Crippen molar-refractivity contribution in [1.29, 1.82) is 0 Å². The number of carbonyl (C=O) groups excluding carboxylic acids is 2. The molecule has 1 N–H and O–H groups in total. The van der Waals surface area contributed by atoms with E-state index in [0.717, 1.165) is 4.31 Å². The van der Waals surface area contributed by atoms with Gasteiger partial charge in [0.15, 0.2) is 0 Å². The molecule has 3 rings (SSSR count). The number of nitrogens with zero attached hydrogens (tertiary/aromatic N) is 2. The number of hydrogen-bond donors (Lipinski definition) is 1. The molecule has 0 saturated carbocycles. The molecular weight excluding hydrogens is 569 g/mol. The third-order valence-corrected chi connectivity index (χ3v) is 8.79. The zero-order valence-electron chi connectivity index (χ0n) is 21.1. The molecule has 2 amide bonds. The quantitative estimate of drug-likeness (QED) is 0.325. The van der Waals surface area contributed by atoms with Crippen LogP contribution in [0.15, 0.2) is 71.6 Å². The Morgan fingerprint density at radius 3 is 2.16 bits per heavy atom. The summed E-state index contributed by atoms with van der Waals surface area (Å²) >= 11 is 19.0. The molecule has 7 nitrogen and oxygen atoms in total. The second kappa shape index (κ2) is 12.8. The van der Waals surface area contributed by atoms with E-state index in [1.54, 1.807) is 62.4 Å². The third-order valence-electron chi connectivity index (χ3n) is 6.07. The summed E-state index contributed by atoms with van der Waals surface area (Å²) in [5.41, 5.74) is 1.29. The van der Waals surface area contributed by atoms with Crippen LogP contribution in [-0.4, -0.2) is 44.8 Å². The van der Waals surface area contributed by atoms with Crippen molar-refractivity contribution in [2.24, 2.45) is 0 Å². The van der Waals surface area contributed by atoms with E-state index < -0.39 is 34.4 Å². The van der Waals surface area contributed by atoms with E-state index in [4.69, 9.17) is 34.8 Å². The number of anilines is 1. The maximum absolute atomic E-state index is 14.0. The van der Waals surface area contributed by atoms with Crippen molar-refractivity contribution in [3.63, 3.8) is 0 Å². The molecule has 0 aliphatic carbocycles. The standard InChI is InChI=1S/C27H28Cl3N3O4S/c1-4-24(27(35)31-3)32(16-21-22(29)11-8-12-23(21)30)26(34)17-33(25-15-19(28)14-13-18(25)2)38(36,37)20-9-6-5-7-10-20/h5-15,24H,4,16-17H2,1-3H3,(H,31,35). The van der Waals surface area contributed by atoms with Crippen molar-refractivity contribution in [2.75, 3.05) is 17.9 Å². The molecule has 1 atom stereocenters. The van der Waals surface area contributed by atoms with E-state index in [1.165, 1.54) is 30.1 Å².